The molecule has 2 aromatic heterocycles. The number of pyridine rings is 1. The lowest BCUT2D eigenvalue weighted by Gasteiger charge is -1.96. The number of H-pyrrole nitrogens is 1. The molecule has 0 aliphatic rings. The van der Waals surface area contributed by atoms with Gasteiger partial charge in [0.1, 0.15) is 5.94 Å². The highest BCUT2D eigenvalue weighted by Gasteiger charge is 2.01. The zero-order valence-corrected chi connectivity index (χ0v) is 7.97. The SMILES string of the molecule is CSCOc1nc2ccncc2[nH]1. The normalized spacial score (nSPS) is 10.5. The maximum atomic E-state index is 5.31. The fourth-order valence-corrected chi connectivity index (χ4v) is 1.25. The van der Waals surface area contributed by atoms with Crippen LogP contribution in [-0.2, 0) is 0 Å². The Morgan fingerprint density at radius 1 is 1.62 bits per heavy atom. The molecular weight excluding hydrogens is 186 g/mol. The molecule has 0 bridgehead atoms. The molecule has 0 radical (unpaired) electrons. The van der Waals surface area contributed by atoms with E-state index in [0.717, 1.165) is 11.0 Å². The summed E-state index contributed by atoms with van der Waals surface area (Å²) in [6.07, 6.45) is 5.42. The van der Waals surface area contributed by atoms with E-state index in [-0.39, 0.29) is 0 Å². The van der Waals surface area contributed by atoms with E-state index in [2.05, 4.69) is 15.0 Å². The molecule has 0 aromatic carbocycles. The standard InChI is InChI=1S/C8H9N3OS/c1-13-5-12-8-10-6-2-3-9-4-7(6)11-8/h2-4H,5H2,1H3,(H,10,11). The number of nitrogens with zero attached hydrogens (tertiary/aromatic N) is 2. The first-order chi connectivity index (χ1) is 6.40. The summed E-state index contributed by atoms with van der Waals surface area (Å²) in [7, 11) is 0. The van der Waals surface area contributed by atoms with Gasteiger partial charge in [-0.2, -0.15) is 4.98 Å². The molecule has 0 atom stereocenters. The van der Waals surface area contributed by atoms with Gasteiger partial charge in [-0.3, -0.25) is 4.98 Å². The van der Waals surface area contributed by atoms with Crippen molar-refractivity contribution in [1.29, 1.82) is 0 Å². The number of aromatic nitrogens is 3. The summed E-state index contributed by atoms with van der Waals surface area (Å²) in [6, 6.07) is 2.40. The molecule has 0 fully saturated rings. The van der Waals surface area contributed by atoms with E-state index in [1.165, 1.54) is 0 Å². The second-order valence-corrected chi connectivity index (χ2v) is 3.30. The van der Waals surface area contributed by atoms with Crippen molar-refractivity contribution < 1.29 is 4.74 Å². The van der Waals surface area contributed by atoms with Crippen LogP contribution >= 0.6 is 11.8 Å². The van der Waals surface area contributed by atoms with Crippen LogP contribution in [-0.4, -0.2) is 27.1 Å². The molecule has 2 rings (SSSR count). The summed E-state index contributed by atoms with van der Waals surface area (Å²) >= 11 is 1.61. The Morgan fingerprint density at radius 3 is 3.31 bits per heavy atom. The number of hydrogen-bond donors (Lipinski definition) is 1. The molecule has 68 valence electrons. The predicted molar refractivity (Wildman–Crippen MR) is 52.9 cm³/mol. The summed E-state index contributed by atoms with van der Waals surface area (Å²) in [5.41, 5.74) is 1.78. The van der Waals surface area contributed by atoms with Crippen molar-refractivity contribution in [2.45, 2.75) is 0 Å². The highest BCUT2D eigenvalue weighted by atomic mass is 32.2. The van der Waals surface area contributed by atoms with Crippen molar-refractivity contribution in [2.24, 2.45) is 0 Å². The van der Waals surface area contributed by atoms with Gasteiger partial charge >= 0.3 is 0 Å². The molecule has 0 spiro atoms. The van der Waals surface area contributed by atoms with Crippen LogP contribution in [0.4, 0.5) is 0 Å². The van der Waals surface area contributed by atoms with Gasteiger partial charge in [-0.25, -0.2) is 0 Å². The minimum Gasteiger partial charge on any atom is -0.454 e. The average Bonchev–Trinajstić information content (AvgIpc) is 2.57. The molecule has 0 amide bonds. The smallest absolute Gasteiger partial charge is 0.295 e. The largest absolute Gasteiger partial charge is 0.454 e. The van der Waals surface area contributed by atoms with Gasteiger partial charge in [0.25, 0.3) is 6.01 Å². The van der Waals surface area contributed by atoms with Crippen LogP contribution in [0.3, 0.4) is 0 Å². The van der Waals surface area contributed by atoms with Crippen LogP contribution in [0.25, 0.3) is 11.0 Å². The van der Waals surface area contributed by atoms with Gasteiger partial charge in [0.2, 0.25) is 0 Å². The number of fused-ring (bicyclic) bond motifs is 1. The van der Waals surface area contributed by atoms with E-state index in [9.17, 15) is 0 Å². The quantitative estimate of drug-likeness (QED) is 0.757. The van der Waals surface area contributed by atoms with E-state index in [0.29, 0.717) is 11.9 Å². The third-order valence-corrected chi connectivity index (χ3v) is 1.93. The maximum absolute atomic E-state index is 5.31. The van der Waals surface area contributed by atoms with E-state index >= 15 is 0 Å². The average molecular weight is 195 g/mol. The van der Waals surface area contributed by atoms with E-state index in [1.54, 1.807) is 24.2 Å². The van der Waals surface area contributed by atoms with Crippen LogP contribution in [0.15, 0.2) is 18.5 Å². The lowest BCUT2D eigenvalue weighted by Crippen LogP contribution is -1.92. The molecule has 0 unspecified atom stereocenters. The zero-order valence-electron chi connectivity index (χ0n) is 7.15. The summed E-state index contributed by atoms with van der Waals surface area (Å²) in [6.45, 7) is 0. The van der Waals surface area contributed by atoms with Gasteiger partial charge in [0.15, 0.2) is 0 Å². The van der Waals surface area contributed by atoms with E-state index in [4.69, 9.17) is 4.74 Å². The number of thioether (sulfide) groups is 1. The lowest BCUT2D eigenvalue weighted by molar-refractivity contribution is 0.366. The molecule has 13 heavy (non-hydrogen) atoms. The summed E-state index contributed by atoms with van der Waals surface area (Å²) < 4.78 is 5.31. The fourth-order valence-electron chi connectivity index (χ4n) is 1.02. The number of aromatic amines is 1. The van der Waals surface area contributed by atoms with Gasteiger partial charge < -0.3 is 9.72 Å². The molecule has 0 saturated carbocycles. The number of ether oxygens (including phenoxy) is 1. The van der Waals surface area contributed by atoms with Crippen molar-refractivity contribution in [3.8, 4) is 6.01 Å². The van der Waals surface area contributed by atoms with Crippen LogP contribution < -0.4 is 4.74 Å². The Labute approximate surface area is 79.7 Å². The Morgan fingerprint density at radius 2 is 2.54 bits per heavy atom. The number of hydrogen-bond acceptors (Lipinski definition) is 4. The first-order valence-corrected chi connectivity index (χ1v) is 5.21. The molecule has 0 aliphatic carbocycles. The van der Waals surface area contributed by atoms with Gasteiger partial charge in [0.05, 0.1) is 17.2 Å². The van der Waals surface area contributed by atoms with Crippen LogP contribution in [0.1, 0.15) is 0 Å². The third-order valence-electron chi connectivity index (χ3n) is 1.58. The Bertz CT molecular complexity index is 368. The third kappa shape index (κ3) is 1.75. The van der Waals surface area contributed by atoms with Gasteiger partial charge in [-0.05, 0) is 12.3 Å². The van der Waals surface area contributed by atoms with Crippen molar-refractivity contribution in [1.82, 2.24) is 15.0 Å². The first kappa shape index (κ1) is 8.37. The van der Waals surface area contributed by atoms with E-state index < -0.39 is 0 Å². The van der Waals surface area contributed by atoms with Crippen molar-refractivity contribution in [3.05, 3.63) is 18.5 Å². The lowest BCUT2D eigenvalue weighted by atomic mass is 10.4. The molecule has 4 nitrogen and oxygen atoms in total. The Hall–Kier alpha value is -1.23. The minimum atomic E-state index is 0.553. The molecule has 2 aromatic rings. The molecule has 1 N–H and O–H groups in total. The fraction of sp³-hybridized carbons (Fsp3) is 0.250. The van der Waals surface area contributed by atoms with Crippen molar-refractivity contribution in [2.75, 3.05) is 12.2 Å². The van der Waals surface area contributed by atoms with Gasteiger partial charge in [-0.1, -0.05) is 0 Å². The summed E-state index contributed by atoms with van der Waals surface area (Å²) in [4.78, 5) is 11.2. The van der Waals surface area contributed by atoms with Gasteiger partial charge in [0, 0.05) is 6.20 Å². The number of rotatable bonds is 3. The molecule has 0 saturated heterocycles. The second kappa shape index (κ2) is 3.66. The van der Waals surface area contributed by atoms with Crippen LogP contribution in [0, 0.1) is 0 Å². The molecular formula is C8H9N3OS. The van der Waals surface area contributed by atoms with Gasteiger partial charge in [-0.15, -0.1) is 11.8 Å². The minimum absolute atomic E-state index is 0.553. The summed E-state index contributed by atoms with van der Waals surface area (Å²) in [5.74, 6) is 0.604. The number of imidazole rings is 1. The highest BCUT2D eigenvalue weighted by Crippen LogP contribution is 2.14. The molecule has 2 heterocycles. The first-order valence-electron chi connectivity index (χ1n) is 3.81. The maximum Gasteiger partial charge on any atom is 0.295 e. The predicted octanol–water partition coefficient (Wildman–Crippen LogP) is 1.66. The Balaban J connectivity index is 2.28. The van der Waals surface area contributed by atoms with Crippen molar-refractivity contribution in [3.63, 3.8) is 0 Å². The monoisotopic (exact) mass is 195 g/mol. The van der Waals surface area contributed by atoms with E-state index in [1.807, 2.05) is 12.3 Å². The topological polar surface area (TPSA) is 50.8 Å². The van der Waals surface area contributed by atoms with Crippen LogP contribution in [0.5, 0.6) is 6.01 Å². The van der Waals surface area contributed by atoms with Crippen molar-refractivity contribution >= 4 is 22.8 Å². The zero-order chi connectivity index (χ0) is 9.10. The highest BCUT2D eigenvalue weighted by molar-refractivity contribution is 7.98. The second-order valence-electron chi connectivity index (χ2n) is 2.49. The van der Waals surface area contributed by atoms with Crippen LogP contribution in [0.2, 0.25) is 0 Å². The Kier molecular flexibility index (Phi) is 2.35. The molecule has 0 aliphatic heterocycles. The molecule has 5 heteroatoms. The summed E-state index contributed by atoms with van der Waals surface area (Å²) in [5, 5.41) is 0. The number of nitrogens with one attached hydrogen (secondary N) is 1.